The predicted octanol–water partition coefficient (Wildman–Crippen LogP) is 1.56. The average Bonchev–Trinajstić information content (AvgIpc) is 2.13. The van der Waals surface area contributed by atoms with E-state index in [2.05, 4.69) is 15.3 Å². The summed E-state index contributed by atoms with van der Waals surface area (Å²) in [6.45, 7) is 3.22. The van der Waals surface area contributed by atoms with Crippen LogP contribution in [0.1, 0.15) is 26.0 Å². The Labute approximate surface area is 102 Å². The lowest BCUT2D eigenvalue weighted by atomic mass is 10.0. The molecule has 0 unspecified atom stereocenters. The first kappa shape index (κ1) is 14.2. The molecule has 0 radical (unpaired) electrons. The second-order valence-electron chi connectivity index (χ2n) is 4.42. The Balaban J connectivity index is 2.89. The highest BCUT2D eigenvalue weighted by molar-refractivity contribution is 5.75. The minimum Gasteiger partial charge on any atom is -0.370 e. The van der Waals surface area contributed by atoms with Crippen LogP contribution >= 0.6 is 0 Å². The molecule has 1 aromatic heterocycles. The van der Waals surface area contributed by atoms with Crippen molar-refractivity contribution in [3.63, 3.8) is 0 Å². The van der Waals surface area contributed by atoms with Gasteiger partial charge in [0.1, 0.15) is 5.69 Å². The maximum atomic E-state index is 12.4. The van der Waals surface area contributed by atoms with Gasteiger partial charge >= 0.3 is 6.18 Å². The third kappa shape index (κ3) is 4.19. The topological polar surface area (TPSA) is 80.9 Å². The molecule has 0 aromatic carbocycles. The monoisotopic (exact) mass is 262 g/mol. The van der Waals surface area contributed by atoms with E-state index in [1.165, 1.54) is 0 Å². The van der Waals surface area contributed by atoms with Gasteiger partial charge < -0.3 is 11.1 Å². The molecule has 0 aliphatic rings. The first-order valence-corrected chi connectivity index (χ1v) is 5.07. The van der Waals surface area contributed by atoms with Gasteiger partial charge in [-0.2, -0.15) is 13.2 Å². The van der Waals surface area contributed by atoms with E-state index in [0.29, 0.717) is 0 Å². The quantitative estimate of drug-likeness (QED) is 0.862. The van der Waals surface area contributed by atoms with Crippen LogP contribution in [0, 0.1) is 0 Å². The van der Waals surface area contributed by atoms with Gasteiger partial charge in [-0.25, -0.2) is 9.97 Å². The second kappa shape index (κ2) is 4.79. The van der Waals surface area contributed by atoms with Crippen LogP contribution in [0.4, 0.5) is 19.1 Å². The number of hydrogen-bond acceptors (Lipinski definition) is 4. The second-order valence-corrected chi connectivity index (χ2v) is 4.42. The fourth-order valence-corrected chi connectivity index (χ4v) is 1.36. The number of amides is 1. The molecule has 0 bridgehead atoms. The summed E-state index contributed by atoms with van der Waals surface area (Å²) in [6, 6.07) is 0.770. The molecule has 1 rings (SSSR count). The van der Waals surface area contributed by atoms with E-state index in [0.717, 1.165) is 12.3 Å². The number of primary amides is 1. The summed E-state index contributed by atoms with van der Waals surface area (Å²) < 4.78 is 37.3. The molecular weight excluding hydrogens is 249 g/mol. The molecule has 5 nitrogen and oxygen atoms in total. The number of anilines is 1. The summed E-state index contributed by atoms with van der Waals surface area (Å²) >= 11 is 0. The van der Waals surface area contributed by atoms with Crippen LogP contribution in [-0.2, 0) is 11.0 Å². The minimum absolute atomic E-state index is 0.0490. The van der Waals surface area contributed by atoms with Crippen LogP contribution in [0.25, 0.3) is 0 Å². The van der Waals surface area contributed by atoms with E-state index in [9.17, 15) is 18.0 Å². The Morgan fingerprint density at radius 1 is 1.44 bits per heavy atom. The zero-order valence-electron chi connectivity index (χ0n) is 9.88. The lowest BCUT2D eigenvalue weighted by Crippen LogP contribution is -2.36. The third-order valence-electron chi connectivity index (χ3n) is 2.01. The van der Waals surface area contributed by atoms with Gasteiger partial charge in [0, 0.05) is 18.2 Å². The molecule has 0 fully saturated rings. The van der Waals surface area contributed by atoms with Crippen molar-refractivity contribution in [3.05, 3.63) is 18.0 Å². The van der Waals surface area contributed by atoms with Crippen LogP contribution in [-0.4, -0.2) is 21.4 Å². The largest absolute Gasteiger partial charge is 0.433 e. The Morgan fingerprint density at radius 3 is 2.56 bits per heavy atom. The average molecular weight is 262 g/mol. The smallest absolute Gasteiger partial charge is 0.370 e. The summed E-state index contributed by atoms with van der Waals surface area (Å²) in [5.74, 6) is -0.768. The Kier molecular flexibility index (Phi) is 3.78. The number of aromatic nitrogens is 2. The number of nitrogens with two attached hydrogens (primary N) is 1. The maximum Gasteiger partial charge on any atom is 0.433 e. The molecular formula is C10H13F3N4O. The molecule has 3 N–H and O–H groups in total. The molecule has 18 heavy (non-hydrogen) atoms. The summed E-state index contributed by atoms with van der Waals surface area (Å²) in [5.41, 5.74) is 3.16. The Bertz CT molecular complexity index is 445. The number of rotatable bonds is 4. The fourth-order valence-electron chi connectivity index (χ4n) is 1.36. The lowest BCUT2D eigenvalue weighted by Gasteiger charge is -2.24. The zero-order valence-corrected chi connectivity index (χ0v) is 9.88. The maximum absolute atomic E-state index is 12.4. The van der Waals surface area contributed by atoms with Crippen molar-refractivity contribution in [2.24, 2.45) is 5.73 Å². The molecule has 0 atom stereocenters. The molecule has 1 amide bonds. The zero-order chi connectivity index (χ0) is 14.0. The summed E-state index contributed by atoms with van der Waals surface area (Å²) in [5, 5.41) is 2.64. The van der Waals surface area contributed by atoms with Crippen molar-refractivity contribution in [1.29, 1.82) is 0 Å². The van der Waals surface area contributed by atoms with E-state index < -0.39 is 23.3 Å². The van der Waals surface area contributed by atoms with Crippen molar-refractivity contribution in [1.82, 2.24) is 9.97 Å². The van der Waals surface area contributed by atoms with E-state index in [1.807, 2.05) is 0 Å². The van der Waals surface area contributed by atoms with Gasteiger partial charge in [0.2, 0.25) is 11.9 Å². The number of halogens is 3. The number of hydrogen-bond donors (Lipinski definition) is 2. The van der Waals surface area contributed by atoms with Crippen LogP contribution in [0.3, 0.4) is 0 Å². The summed E-state index contributed by atoms with van der Waals surface area (Å²) in [7, 11) is 0. The molecule has 0 aliphatic carbocycles. The third-order valence-corrected chi connectivity index (χ3v) is 2.01. The number of nitrogens with zero attached hydrogens (tertiary/aromatic N) is 2. The van der Waals surface area contributed by atoms with Crippen molar-refractivity contribution in [3.8, 4) is 0 Å². The molecule has 0 aliphatic heterocycles. The van der Waals surface area contributed by atoms with Gasteiger partial charge in [-0.15, -0.1) is 0 Å². The fraction of sp³-hybridized carbons (Fsp3) is 0.500. The van der Waals surface area contributed by atoms with Gasteiger partial charge in [0.05, 0.1) is 0 Å². The molecule has 100 valence electrons. The van der Waals surface area contributed by atoms with E-state index >= 15 is 0 Å². The predicted molar refractivity (Wildman–Crippen MR) is 58.5 cm³/mol. The SMILES string of the molecule is CC(C)(CC(N)=O)Nc1nccc(C(F)(F)F)n1. The first-order chi connectivity index (χ1) is 8.10. The normalized spacial score (nSPS) is 12.3. The number of carbonyl (C=O) groups excluding carboxylic acids is 1. The number of nitrogens with one attached hydrogen (secondary N) is 1. The van der Waals surface area contributed by atoms with Crippen LogP contribution in [0.5, 0.6) is 0 Å². The Hall–Kier alpha value is -1.86. The van der Waals surface area contributed by atoms with Gasteiger partial charge in [0.15, 0.2) is 0 Å². The number of alkyl halides is 3. The molecule has 1 aromatic rings. The molecule has 0 saturated heterocycles. The highest BCUT2D eigenvalue weighted by Gasteiger charge is 2.33. The van der Waals surface area contributed by atoms with E-state index in [4.69, 9.17) is 5.73 Å². The lowest BCUT2D eigenvalue weighted by molar-refractivity contribution is -0.141. The molecule has 8 heteroatoms. The Morgan fingerprint density at radius 2 is 2.06 bits per heavy atom. The van der Waals surface area contributed by atoms with Gasteiger partial charge in [-0.1, -0.05) is 0 Å². The highest BCUT2D eigenvalue weighted by Crippen LogP contribution is 2.28. The van der Waals surface area contributed by atoms with Crippen molar-refractivity contribution in [2.75, 3.05) is 5.32 Å². The minimum atomic E-state index is -4.53. The van der Waals surface area contributed by atoms with Gasteiger partial charge in [-0.3, -0.25) is 4.79 Å². The van der Waals surface area contributed by atoms with Crippen molar-refractivity contribution >= 4 is 11.9 Å². The number of carbonyl (C=O) groups is 1. The summed E-state index contributed by atoms with van der Waals surface area (Å²) in [6.07, 6.45) is -3.59. The van der Waals surface area contributed by atoms with Crippen molar-refractivity contribution < 1.29 is 18.0 Å². The van der Waals surface area contributed by atoms with Crippen molar-refractivity contribution in [2.45, 2.75) is 32.0 Å². The van der Waals surface area contributed by atoms with Gasteiger partial charge in [-0.05, 0) is 19.9 Å². The van der Waals surface area contributed by atoms with E-state index in [1.54, 1.807) is 13.8 Å². The van der Waals surface area contributed by atoms with Crippen LogP contribution < -0.4 is 11.1 Å². The molecule has 1 heterocycles. The van der Waals surface area contributed by atoms with Gasteiger partial charge in [0.25, 0.3) is 0 Å². The highest BCUT2D eigenvalue weighted by atomic mass is 19.4. The van der Waals surface area contributed by atoms with Crippen LogP contribution in [0.2, 0.25) is 0 Å². The molecule has 0 spiro atoms. The van der Waals surface area contributed by atoms with E-state index in [-0.39, 0.29) is 12.4 Å². The summed E-state index contributed by atoms with van der Waals surface area (Å²) in [4.78, 5) is 17.8. The van der Waals surface area contributed by atoms with Crippen LogP contribution in [0.15, 0.2) is 12.3 Å². The standard InChI is InChI=1S/C10H13F3N4O/c1-9(2,5-7(14)18)17-8-15-4-3-6(16-8)10(11,12)13/h3-4H,5H2,1-2H3,(H2,14,18)(H,15,16,17). The first-order valence-electron chi connectivity index (χ1n) is 5.07. The molecule has 0 saturated carbocycles.